The average molecular weight is 222 g/mol. The first-order chi connectivity index (χ1) is 7.69. The van der Waals surface area contributed by atoms with Crippen LogP contribution in [0.5, 0.6) is 0 Å². The van der Waals surface area contributed by atoms with Gasteiger partial charge in [-0.25, -0.2) is 9.97 Å². The van der Waals surface area contributed by atoms with Gasteiger partial charge in [-0.3, -0.25) is 0 Å². The molecule has 1 aromatic heterocycles. The number of aromatic nitrogens is 2. The second-order valence-corrected chi connectivity index (χ2v) is 4.12. The average Bonchev–Trinajstić information content (AvgIpc) is 2.29. The number of hydrogen-bond donors (Lipinski definition) is 0. The third-order valence-corrected chi connectivity index (χ3v) is 2.41. The van der Waals surface area contributed by atoms with E-state index in [2.05, 4.69) is 28.7 Å². The van der Waals surface area contributed by atoms with Gasteiger partial charge in [0.25, 0.3) is 0 Å². The van der Waals surface area contributed by atoms with Crippen LogP contribution in [0.1, 0.15) is 26.7 Å². The normalized spacial score (nSPS) is 10.2. The molecular formula is C12H22N4. The molecule has 4 heteroatoms. The van der Waals surface area contributed by atoms with Crippen molar-refractivity contribution in [2.75, 3.05) is 37.0 Å². The van der Waals surface area contributed by atoms with Crippen molar-refractivity contribution in [3.05, 3.63) is 12.4 Å². The number of nitrogens with zero attached hydrogens (tertiary/aromatic N) is 4. The fraction of sp³-hybridized carbons (Fsp3) is 0.667. The van der Waals surface area contributed by atoms with E-state index in [9.17, 15) is 0 Å². The first kappa shape index (κ1) is 12.7. The van der Waals surface area contributed by atoms with Gasteiger partial charge in [0.2, 0.25) is 0 Å². The van der Waals surface area contributed by atoms with E-state index in [4.69, 9.17) is 0 Å². The van der Waals surface area contributed by atoms with Crippen LogP contribution in [0, 0.1) is 0 Å². The minimum Gasteiger partial charge on any atom is -0.363 e. The summed E-state index contributed by atoms with van der Waals surface area (Å²) in [5, 5.41) is 0. The third kappa shape index (κ3) is 3.36. The van der Waals surface area contributed by atoms with Crippen LogP contribution in [0.3, 0.4) is 0 Å². The van der Waals surface area contributed by atoms with E-state index in [0.717, 1.165) is 37.6 Å². The lowest BCUT2D eigenvalue weighted by molar-refractivity contribution is 0.732. The summed E-state index contributed by atoms with van der Waals surface area (Å²) < 4.78 is 0. The zero-order valence-electron chi connectivity index (χ0n) is 10.8. The van der Waals surface area contributed by atoms with E-state index in [1.54, 1.807) is 6.33 Å². The lowest BCUT2D eigenvalue weighted by atomic mass is 10.3. The summed E-state index contributed by atoms with van der Waals surface area (Å²) in [7, 11) is 3.99. The van der Waals surface area contributed by atoms with Gasteiger partial charge < -0.3 is 9.80 Å². The predicted octanol–water partition coefficient (Wildman–Crippen LogP) is 2.17. The maximum Gasteiger partial charge on any atom is 0.134 e. The fourth-order valence-electron chi connectivity index (χ4n) is 1.64. The summed E-state index contributed by atoms with van der Waals surface area (Å²) in [5.74, 6) is 1.99. The van der Waals surface area contributed by atoms with Gasteiger partial charge in [-0.2, -0.15) is 0 Å². The van der Waals surface area contributed by atoms with E-state index in [0.29, 0.717) is 0 Å². The highest BCUT2D eigenvalue weighted by Gasteiger charge is 2.07. The van der Waals surface area contributed by atoms with Gasteiger partial charge in [-0.05, 0) is 12.8 Å². The molecular weight excluding hydrogens is 200 g/mol. The summed E-state index contributed by atoms with van der Waals surface area (Å²) in [6, 6.07) is 2.05. The molecule has 1 heterocycles. The van der Waals surface area contributed by atoms with Crippen LogP contribution in [-0.4, -0.2) is 37.2 Å². The van der Waals surface area contributed by atoms with Crippen molar-refractivity contribution < 1.29 is 0 Å². The van der Waals surface area contributed by atoms with E-state index < -0.39 is 0 Å². The Hall–Kier alpha value is -1.32. The molecule has 0 aliphatic carbocycles. The SMILES string of the molecule is CCCN(CCC)c1cc(N(C)C)ncn1. The van der Waals surface area contributed by atoms with Gasteiger partial charge in [-0.15, -0.1) is 0 Å². The second-order valence-electron chi connectivity index (χ2n) is 4.12. The number of hydrogen-bond acceptors (Lipinski definition) is 4. The Balaban J connectivity index is 2.86. The maximum atomic E-state index is 4.35. The molecule has 0 atom stereocenters. The highest BCUT2D eigenvalue weighted by atomic mass is 15.2. The van der Waals surface area contributed by atoms with Crippen LogP contribution in [-0.2, 0) is 0 Å². The van der Waals surface area contributed by atoms with Gasteiger partial charge in [0.15, 0.2) is 0 Å². The van der Waals surface area contributed by atoms with Crippen molar-refractivity contribution in [1.29, 1.82) is 0 Å². The summed E-state index contributed by atoms with van der Waals surface area (Å²) in [6.45, 7) is 6.49. The molecule has 0 N–H and O–H groups in total. The molecule has 0 spiro atoms. The highest BCUT2D eigenvalue weighted by molar-refractivity contribution is 5.49. The van der Waals surface area contributed by atoms with Crippen molar-refractivity contribution in [2.24, 2.45) is 0 Å². The fourth-order valence-corrected chi connectivity index (χ4v) is 1.64. The summed E-state index contributed by atoms with van der Waals surface area (Å²) in [6.07, 6.45) is 3.92. The van der Waals surface area contributed by atoms with Crippen molar-refractivity contribution in [3.8, 4) is 0 Å². The molecule has 0 aromatic carbocycles. The Morgan fingerprint density at radius 3 is 2.06 bits per heavy atom. The molecule has 90 valence electrons. The molecule has 0 saturated heterocycles. The first-order valence-corrected chi connectivity index (χ1v) is 5.93. The lowest BCUT2D eigenvalue weighted by Crippen LogP contribution is -2.26. The Morgan fingerprint density at radius 2 is 1.56 bits per heavy atom. The molecule has 1 aromatic rings. The quantitative estimate of drug-likeness (QED) is 0.738. The summed E-state index contributed by atoms with van der Waals surface area (Å²) in [5.41, 5.74) is 0. The molecule has 4 nitrogen and oxygen atoms in total. The van der Waals surface area contributed by atoms with Crippen LogP contribution < -0.4 is 9.80 Å². The Labute approximate surface area is 98.3 Å². The van der Waals surface area contributed by atoms with Crippen molar-refractivity contribution in [1.82, 2.24) is 9.97 Å². The van der Waals surface area contributed by atoms with Gasteiger partial charge >= 0.3 is 0 Å². The summed E-state index contributed by atoms with van der Waals surface area (Å²) >= 11 is 0. The van der Waals surface area contributed by atoms with Crippen LogP contribution in [0.4, 0.5) is 11.6 Å². The van der Waals surface area contributed by atoms with Gasteiger partial charge in [-0.1, -0.05) is 13.8 Å². The van der Waals surface area contributed by atoms with E-state index in [1.807, 2.05) is 25.1 Å². The van der Waals surface area contributed by atoms with E-state index >= 15 is 0 Å². The third-order valence-electron chi connectivity index (χ3n) is 2.41. The van der Waals surface area contributed by atoms with Gasteiger partial charge in [0, 0.05) is 33.3 Å². The number of rotatable bonds is 6. The molecule has 1 rings (SSSR count). The Bertz CT molecular complexity index is 306. The van der Waals surface area contributed by atoms with Crippen LogP contribution in [0.15, 0.2) is 12.4 Å². The largest absolute Gasteiger partial charge is 0.363 e. The van der Waals surface area contributed by atoms with Crippen molar-refractivity contribution in [2.45, 2.75) is 26.7 Å². The zero-order chi connectivity index (χ0) is 12.0. The van der Waals surface area contributed by atoms with Crippen molar-refractivity contribution in [3.63, 3.8) is 0 Å². The molecule has 0 saturated carbocycles. The molecule has 0 amide bonds. The molecule has 0 unspecified atom stereocenters. The summed E-state index contributed by atoms with van der Waals surface area (Å²) in [4.78, 5) is 12.9. The van der Waals surface area contributed by atoms with Crippen LogP contribution >= 0.6 is 0 Å². The zero-order valence-corrected chi connectivity index (χ0v) is 10.8. The van der Waals surface area contributed by atoms with Crippen LogP contribution in [0.2, 0.25) is 0 Å². The maximum absolute atomic E-state index is 4.35. The lowest BCUT2D eigenvalue weighted by Gasteiger charge is -2.23. The van der Waals surface area contributed by atoms with E-state index in [-0.39, 0.29) is 0 Å². The molecule has 0 bridgehead atoms. The minimum atomic E-state index is 0.960. The van der Waals surface area contributed by atoms with Gasteiger partial charge in [0.05, 0.1) is 0 Å². The van der Waals surface area contributed by atoms with Crippen LogP contribution in [0.25, 0.3) is 0 Å². The second kappa shape index (κ2) is 6.30. The number of anilines is 2. The Morgan fingerprint density at radius 1 is 1.00 bits per heavy atom. The van der Waals surface area contributed by atoms with E-state index in [1.165, 1.54) is 0 Å². The monoisotopic (exact) mass is 222 g/mol. The molecule has 16 heavy (non-hydrogen) atoms. The smallest absolute Gasteiger partial charge is 0.134 e. The molecule has 0 radical (unpaired) electrons. The topological polar surface area (TPSA) is 32.3 Å². The molecule has 0 fully saturated rings. The molecule has 0 aliphatic rings. The van der Waals surface area contributed by atoms with Gasteiger partial charge in [0.1, 0.15) is 18.0 Å². The highest BCUT2D eigenvalue weighted by Crippen LogP contribution is 2.16. The minimum absolute atomic E-state index is 0.960. The first-order valence-electron chi connectivity index (χ1n) is 5.93. The predicted molar refractivity (Wildman–Crippen MR) is 69.2 cm³/mol. The van der Waals surface area contributed by atoms with Crippen molar-refractivity contribution >= 4 is 11.6 Å². The standard InChI is InChI=1S/C12H22N4/c1-5-7-16(8-6-2)12-9-11(15(3)4)13-10-14-12/h9-10H,5-8H2,1-4H3. The Kier molecular flexibility index (Phi) is 5.02. The molecule has 0 aliphatic heterocycles.